The Balaban J connectivity index is 1.54. The summed E-state index contributed by atoms with van der Waals surface area (Å²) in [4.78, 5) is 30.4. The predicted octanol–water partition coefficient (Wildman–Crippen LogP) is 2.29. The minimum Gasteiger partial charge on any atom is -0.477 e. The highest BCUT2D eigenvalue weighted by Crippen LogP contribution is 2.41. The van der Waals surface area contributed by atoms with Crippen LogP contribution in [0.2, 0.25) is 0 Å². The molecule has 0 unspecified atom stereocenters. The maximum absolute atomic E-state index is 15.3. The number of carboxylic acids is 1. The maximum atomic E-state index is 15.3. The molecule has 4 heterocycles. The minimum absolute atomic E-state index is 0.0111. The van der Waals surface area contributed by atoms with E-state index in [1.54, 1.807) is 34.3 Å². The number of rotatable bonds is 4. The quantitative estimate of drug-likeness (QED) is 0.631. The van der Waals surface area contributed by atoms with Crippen molar-refractivity contribution in [2.75, 3.05) is 42.1 Å². The van der Waals surface area contributed by atoms with Crippen LogP contribution in [0.4, 0.5) is 15.2 Å². The molecule has 2 aromatic heterocycles. The molecular formula is C20H20FN5O4S. The van der Waals surface area contributed by atoms with Gasteiger partial charge in [0.2, 0.25) is 5.43 Å². The van der Waals surface area contributed by atoms with Gasteiger partial charge in [-0.3, -0.25) is 14.5 Å². The molecule has 0 saturated carbocycles. The van der Waals surface area contributed by atoms with E-state index in [4.69, 9.17) is 4.74 Å². The van der Waals surface area contributed by atoms with E-state index < -0.39 is 22.8 Å². The number of piperidine rings is 1. The van der Waals surface area contributed by atoms with Crippen molar-refractivity contribution in [2.24, 2.45) is 0 Å². The van der Waals surface area contributed by atoms with Crippen LogP contribution in [0.15, 0.2) is 28.6 Å². The number of nitrogens with one attached hydrogen (secondary N) is 1. The average Bonchev–Trinajstić information content (AvgIpc) is 3.25. The molecule has 2 N–H and O–H groups in total. The lowest BCUT2D eigenvalue weighted by atomic mass is 10.0. The fourth-order valence-electron chi connectivity index (χ4n) is 4.19. The van der Waals surface area contributed by atoms with Gasteiger partial charge in [0.25, 0.3) is 0 Å². The van der Waals surface area contributed by atoms with Crippen LogP contribution < -0.4 is 25.4 Å². The van der Waals surface area contributed by atoms with Crippen LogP contribution in [0.1, 0.15) is 23.2 Å². The molecule has 1 fully saturated rings. The van der Waals surface area contributed by atoms with Crippen LogP contribution in [0.25, 0.3) is 10.9 Å². The van der Waals surface area contributed by atoms with Crippen LogP contribution in [0.3, 0.4) is 0 Å². The predicted molar refractivity (Wildman–Crippen MR) is 116 cm³/mol. The molecule has 2 aliphatic rings. The molecule has 5 rings (SSSR count). The number of halogens is 1. The van der Waals surface area contributed by atoms with Gasteiger partial charge < -0.3 is 20.1 Å². The Bertz CT molecular complexity index is 1220. The fourth-order valence-corrected chi connectivity index (χ4v) is 4.79. The van der Waals surface area contributed by atoms with Crippen LogP contribution in [0, 0.1) is 5.82 Å². The van der Waals surface area contributed by atoms with E-state index in [9.17, 15) is 14.7 Å². The normalized spacial score (nSPS) is 16.5. The smallest absolute Gasteiger partial charge is 0.341 e. The molecule has 1 saturated heterocycles. The van der Waals surface area contributed by atoms with Crippen molar-refractivity contribution in [3.05, 3.63) is 45.4 Å². The van der Waals surface area contributed by atoms with Crippen molar-refractivity contribution in [1.29, 1.82) is 0 Å². The molecule has 11 heteroatoms. The minimum atomic E-state index is -1.35. The second-order valence-electron chi connectivity index (χ2n) is 7.63. The number of carboxylic acid groups (broad SMARTS) is 1. The molecule has 2 aliphatic heterocycles. The van der Waals surface area contributed by atoms with Crippen molar-refractivity contribution in [2.45, 2.75) is 18.9 Å². The first kappa shape index (κ1) is 19.6. The van der Waals surface area contributed by atoms with Crippen LogP contribution in [-0.4, -0.2) is 53.6 Å². The van der Waals surface area contributed by atoms with Crippen molar-refractivity contribution in [1.82, 2.24) is 9.66 Å². The fraction of sp³-hybridized carbons (Fsp3) is 0.350. The van der Waals surface area contributed by atoms with E-state index in [1.165, 1.54) is 6.20 Å². The summed E-state index contributed by atoms with van der Waals surface area (Å²) in [5, 5.41) is 17.2. The second-order valence-corrected chi connectivity index (χ2v) is 8.52. The van der Waals surface area contributed by atoms with Crippen LogP contribution in [0.5, 0.6) is 5.75 Å². The van der Waals surface area contributed by atoms with Crippen molar-refractivity contribution < 1.29 is 19.0 Å². The second kappa shape index (κ2) is 7.41. The van der Waals surface area contributed by atoms with E-state index in [2.05, 4.69) is 10.3 Å². The summed E-state index contributed by atoms with van der Waals surface area (Å²) < 4.78 is 22.7. The number of carbonyl (C=O) groups is 1. The average molecular weight is 445 g/mol. The largest absolute Gasteiger partial charge is 0.477 e. The Labute approximate surface area is 180 Å². The van der Waals surface area contributed by atoms with Gasteiger partial charge in [-0.2, -0.15) is 0 Å². The summed E-state index contributed by atoms with van der Waals surface area (Å²) in [5.74, 6) is -1.67. The zero-order valence-corrected chi connectivity index (χ0v) is 17.5. The summed E-state index contributed by atoms with van der Waals surface area (Å²) in [6.45, 7) is 1.31. The lowest BCUT2D eigenvalue weighted by molar-refractivity contribution is 0.0694. The number of ether oxygens (including phenoxy) is 1. The summed E-state index contributed by atoms with van der Waals surface area (Å²) >= 11 is 1.54. The molecule has 9 nitrogen and oxygen atoms in total. The van der Waals surface area contributed by atoms with Crippen molar-refractivity contribution >= 4 is 39.0 Å². The van der Waals surface area contributed by atoms with Gasteiger partial charge in [-0.15, -0.1) is 11.3 Å². The Morgan fingerprint density at radius 2 is 2.16 bits per heavy atom. The monoisotopic (exact) mass is 445 g/mol. The third kappa shape index (κ3) is 3.25. The number of aromatic nitrogens is 2. The number of aromatic carboxylic acids is 1. The third-order valence-corrected chi connectivity index (χ3v) is 6.42. The maximum Gasteiger partial charge on any atom is 0.341 e. The topological polar surface area (TPSA) is 99.9 Å². The summed E-state index contributed by atoms with van der Waals surface area (Å²) in [6.07, 6.45) is 4.61. The first-order valence-electron chi connectivity index (χ1n) is 9.84. The Hall–Kier alpha value is -3.34. The Morgan fingerprint density at radius 1 is 1.39 bits per heavy atom. The van der Waals surface area contributed by atoms with Gasteiger partial charge in [0, 0.05) is 44.0 Å². The van der Waals surface area contributed by atoms with E-state index in [0.29, 0.717) is 24.3 Å². The number of anilines is 2. The lowest BCUT2D eigenvalue weighted by Crippen LogP contribution is -2.42. The molecule has 0 bridgehead atoms. The van der Waals surface area contributed by atoms with Gasteiger partial charge in [0.05, 0.1) is 5.39 Å². The van der Waals surface area contributed by atoms with E-state index in [-0.39, 0.29) is 23.9 Å². The number of thiazole rings is 1. The zero-order valence-electron chi connectivity index (χ0n) is 16.7. The highest BCUT2D eigenvalue weighted by Gasteiger charge is 2.31. The van der Waals surface area contributed by atoms with Gasteiger partial charge in [-0.25, -0.2) is 14.2 Å². The van der Waals surface area contributed by atoms with E-state index in [1.807, 2.05) is 10.3 Å². The van der Waals surface area contributed by atoms with Crippen molar-refractivity contribution in [3.63, 3.8) is 0 Å². The van der Waals surface area contributed by atoms with Gasteiger partial charge in [0.15, 0.2) is 23.4 Å². The Morgan fingerprint density at radius 3 is 2.84 bits per heavy atom. The summed E-state index contributed by atoms with van der Waals surface area (Å²) in [7, 11) is 1.71. The molecule has 31 heavy (non-hydrogen) atoms. The number of nitrogens with zero attached hydrogens (tertiary/aromatic N) is 4. The van der Waals surface area contributed by atoms with Crippen LogP contribution in [-0.2, 0) is 0 Å². The van der Waals surface area contributed by atoms with Gasteiger partial charge >= 0.3 is 5.97 Å². The zero-order chi connectivity index (χ0) is 21.7. The third-order valence-electron chi connectivity index (χ3n) is 5.72. The standard InChI is InChI=1S/C20H20FN5O4S/c1-24-10-30-18-15-12(17(27)13(19(28)29)9-26(15)24)8-14(21)16(18)25-5-2-11(3-6-25)23-20-22-4-7-31-20/h4,7-9,11H,2-3,5-6,10H2,1H3,(H,22,23)(H,28,29). The SMILES string of the molecule is CN1COc2c(N3CCC(Nc4nccs4)CC3)c(F)cc3c(=O)c(C(=O)O)cn1c23. The van der Waals surface area contributed by atoms with Crippen molar-refractivity contribution in [3.8, 4) is 5.75 Å². The molecule has 0 spiro atoms. The van der Waals surface area contributed by atoms with Gasteiger partial charge in [-0.1, -0.05) is 0 Å². The number of hydrogen-bond acceptors (Lipinski definition) is 8. The highest BCUT2D eigenvalue weighted by molar-refractivity contribution is 7.13. The first-order valence-corrected chi connectivity index (χ1v) is 10.7. The lowest BCUT2D eigenvalue weighted by Gasteiger charge is -2.37. The van der Waals surface area contributed by atoms with Crippen LogP contribution >= 0.6 is 11.3 Å². The summed E-state index contributed by atoms with van der Waals surface area (Å²) in [5.41, 5.74) is -0.447. The molecule has 1 aromatic carbocycles. The molecule has 0 radical (unpaired) electrons. The summed E-state index contributed by atoms with van der Waals surface area (Å²) in [6, 6.07) is 1.37. The highest BCUT2D eigenvalue weighted by atomic mass is 32.1. The number of benzene rings is 1. The molecule has 0 aliphatic carbocycles. The first-order chi connectivity index (χ1) is 14.9. The molecule has 0 atom stereocenters. The van der Waals surface area contributed by atoms with E-state index >= 15 is 4.39 Å². The van der Waals surface area contributed by atoms with Gasteiger partial charge in [-0.05, 0) is 18.9 Å². The molecule has 3 aromatic rings. The number of pyridine rings is 1. The molecular weight excluding hydrogens is 425 g/mol. The molecule has 162 valence electrons. The number of hydrogen-bond donors (Lipinski definition) is 2. The van der Waals surface area contributed by atoms with E-state index in [0.717, 1.165) is 24.0 Å². The molecule has 0 amide bonds. The Kier molecular flexibility index (Phi) is 4.69. The van der Waals surface area contributed by atoms with Gasteiger partial charge in [0.1, 0.15) is 16.8 Å².